The topological polar surface area (TPSA) is 99.0 Å². The Labute approximate surface area is 168 Å². The molecule has 6 nitrogen and oxygen atoms in total. The van der Waals surface area contributed by atoms with E-state index in [1.807, 2.05) is 41.5 Å². The molecule has 28 heavy (non-hydrogen) atoms. The molecule has 1 rings (SSSR count). The van der Waals surface area contributed by atoms with Crippen LogP contribution in [-0.2, 0) is 15.6 Å². The molecular formula is C22H37NO5. The van der Waals surface area contributed by atoms with Gasteiger partial charge in [0, 0.05) is 6.54 Å². The van der Waals surface area contributed by atoms with E-state index in [2.05, 4.69) is 5.32 Å². The van der Waals surface area contributed by atoms with Gasteiger partial charge < -0.3 is 25.4 Å². The first-order valence-electron chi connectivity index (χ1n) is 9.64. The van der Waals surface area contributed by atoms with Crippen LogP contribution in [0.3, 0.4) is 0 Å². The van der Waals surface area contributed by atoms with Crippen molar-refractivity contribution in [2.75, 3.05) is 6.54 Å². The van der Waals surface area contributed by atoms with Gasteiger partial charge in [0.25, 0.3) is 0 Å². The van der Waals surface area contributed by atoms with Crippen molar-refractivity contribution in [1.29, 1.82) is 0 Å². The van der Waals surface area contributed by atoms with E-state index in [0.29, 0.717) is 16.7 Å². The summed E-state index contributed by atoms with van der Waals surface area (Å²) in [7, 11) is 0. The van der Waals surface area contributed by atoms with Crippen LogP contribution >= 0.6 is 0 Å². The zero-order valence-corrected chi connectivity index (χ0v) is 18.7. The molecule has 0 saturated heterocycles. The largest absolute Gasteiger partial charge is 0.507 e. The van der Waals surface area contributed by atoms with Crippen LogP contribution in [-0.4, -0.2) is 39.7 Å². The van der Waals surface area contributed by atoms with Crippen molar-refractivity contribution < 1.29 is 24.9 Å². The Morgan fingerprint density at radius 1 is 0.964 bits per heavy atom. The molecule has 160 valence electrons. The van der Waals surface area contributed by atoms with Gasteiger partial charge in [-0.05, 0) is 60.4 Å². The standard InChI is InChI=1S/C22H37NO5/c1-20(2,3)14-10-13(11-15(18(14)26)21(4,5)6)17(25)16(24)12-23-19(27)28-22(7,8)9/h10-11,16-17,24-26H,12H2,1-9H3,(H,23,27). The summed E-state index contributed by atoms with van der Waals surface area (Å²) in [4.78, 5) is 11.8. The molecule has 6 heteroatoms. The summed E-state index contributed by atoms with van der Waals surface area (Å²) in [6.07, 6.45) is -3.11. The molecule has 0 saturated carbocycles. The summed E-state index contributed by atoms with van der Waals surface area (Å²) in [5.41, 5.74) is 0.543. The highest BCUT2D eigenvalue weighted by Gasteiger charge is 2.29. The average molecular weight is 396 g/mol. The van der Waals surface area contributed by atoms with Crippen molar-refractivity contribution in [1.82, 2.24) is 5.32 Å². The number of carbonyl (C=O) groups is 1. The van der Waals surface area contributed by atoms with Gasteiger partial charge in [-0.25, -0.2) is 4.79 Å². The molecule has 0 fully saturated rings. The first kappa shape index (κ1) is 24.2. The molecule has 0 aromatic heterocycles. The molecule has 1 amide bonds. The number of ether oxygens (including phenoxy) is 1. The smallest absolute Gasteiger partial charge is 0.407 e. The van der Waals surface area contributed by atoms with Gasteiger partial charge in [-0.15, -0.1) is 0 Å². The van der Waals surface area contributed by atoms with E-state index in [-0.39, 0.29) is 23.1 Å². The molecule has 2 atom stereocenters. The lowest BCUT2D eigenvalue weighted by atomic mass is 9.77. The molecule has 0 bridgehead atoms. The van der Waals surface area contributed by atoms with Crippen molar-refractivity contribution in [3.8, 4) is 5.75 Å². The number of nitrogens with one attached hydrogen (secondary N) is 1. The second kappa shape index (κ2) is 8.29. The SMILES string of the molecule is CC(C)(C)OC(=O)NCC(O)C(O)c1cc(C(C)(C)C)c(O)c(C(C)(C)C)c1. The Morgan fingerprint density at radius 2 is 1.39 bits per heavy atom. The van der Waals surface area contributed by atoms with Gasteiger partial charge in [-0.1, -0.05) is 41.5 Å². The Hall–Kier alpha value is -1.79. The van der Waals surface area contributed by atoms with Gasteiger partial charge >= 0.3 is 6.09 Å². The summed E-state index contributed by atoms with van der Waals surface area (Å²) in [6.45, 7) is 16.9. The third-order valence-corrected chi connectivity index (χ3v) is 4.31. The predicted molar refractivity (Wildman–Crippen MR) is 111 cm³/mol. The van der Waals surface area contributed by atoms with E-state index in [1.54, 1.807) is 32.9 Å². The maximum absolute atomic E-state index is 11.8. The van der Waals surface area contributed by atoms with E-state index in [4.69, 9.17) is 4.74 Å². The summed E-state index contributed by atoms with van der Waals surface area (Å²) < 4.78 is 5.14. The molecule has 0 heterocycles. The minimum Gasteiger partial charge on any atom is -0.507 e. The zero-order chi connectivity index (χ0) is 22.1. The van der Waals surface area contributed by atoms with Crippen LogP contribution in [0.1, 0.15) is 85.1 Å². The molecule has 0 aliphatic rings. The van der Waals surface area contributed by atoms with Gasteiger partial charge in [0.05, 0.1) is 0 Å². The first-order valence-corrected chi connectivity index (χ1v) is 9.64. The van der Waals surface area contributed by atoms with Gasteiger partial charge in [0.1, 0.15) is 23.6 Å². The van der Waals surface area contributed by atoms with Crippen molar-refractivity contribution in [3.05, 3.63) is 28.8 Å². The number of aromatic hydroxyl groups is 1. The summed E-state index contributed by atoms with van der Waals surface area (Å²) in [6, 6.07) is 3.43. The molecule has 0 aliphatic heterocycles. The minimum atomic E-state index is -1.22. The molecule has 1 aromatic rings. The van der Waals surface area contributed by atoms with Crippen LogP contribution < -0.4 is 5.32 Å². The molecular weight excluding hydrogens is 358 g/mol. The fourth-order valence-electron chi connectivity index (χ4n) is 2.81. The monoisotopic (exact) mass is 395 g/mol. The number of hydrogen-bond donors (Lipinski definition) is 4. The highest BCUT2D eigenvalue weighted by molar-refractivity contribution is 5.67. The quantitative estimate of drug-likeness (QED) is 0.620. The Bertz CT molecular complexity index is 657. The van der Waals surface area contributed by atoms with Gasteiger partial charge in [0.2, 0.25) is 0 Å². The fourth-order valence-corrected chi connectivity index (χ4v) is 2.81. The van der Waals surface area contributed by atoms with Crippen molar-refractivity contribution in [2.45, 2.75) is 91.0 Å². The lowest BCUT2D eigenvalue weighted by Gasteiger charge is -2.30. The van der Waals surface area contributed by atoms with Crippen molar-refractivity contribution >= 4 is 6.09 Å². The van der Waals surface area contributed by atoms with Crippen molar-refractivity contribution in [2.24, 2.45) is 0 Å². The zero-order valence-electron chi connectivity index (χ0n) is 18.7. The summed E-state index contributed by atoms with van der Waals surface area (Å²) in [5, 5.41) is 34.3. The number of phenols is 1. The van der Waals surface area contributed by atoms with Crippen LogP contribution in [0.25, 0.3) is 0 Å². The van der Waals surface area contributed by atoms with Crippen molar-refractivity contribution in [3.63, 3.8) is 0 Å². The number of phenolic OH excluding ortho intramolecular Hbond substituents is 1. The highest BCUT2D eigenvalue weighted by atomic mass is 16.6. The second-order valence-corrected chi connectivity index (χ2v) is 10.4. The molecule has 1 aromatic carbocycles. The van der Waals surface area contributed by atoms with Gasteiger partial charge in [-0.3, -0.25) is 0 Å². The lowest BCUT2D eigenvalue weighted by molar-refractivity contribution is 0.0128. The number of aliphatic hydroxyl groups excluding tert-OH is 2. The Kier molecular flexibility index (Phi) is 7.18. The number of alkyl carbamates (subject to hydrolysis) is 1. The van der Waals surface area contributed by atoms with Crippen LogP contribution in [0.4, 0.5) is 4.79 Å². The van der Waals surface area contributed by atoms with Gasteiger partial charge in [0.15, 0.2) is 0 Å². The van der Waals surface area contributed by atoms with Crippen LogP contribution in [0.5, 0.6) is 5.75 Å². The third-order valence-electron chi connectivity index (χ3n) is 4.31. The van der Waals surface area contributed by atoms with E-state index >= 15 is 0 Å². The van der Waals surface area contributed by atoms with Gasteiger partial charge in [-0.2, -0.15) is 0 Å². The second-order valence-electron chi connectivity index (χ2n) is 10.4. The van der Waals surface area contributed by atoms with Crippen LogP contribution in [0.2, 0.25) is 0 Å². The number of rotatable bonds is 4. The van der Waals surface area contributed by atoms with Crippen LogP contribution in [0.15, 0.2) is 12.1 Å². The van der Waals surface area contributed by atoms with E-state index in [0.717, 1.165) is 0 Å². The molecule has 4 N–H and O–H groups in total. The number of hydrogen-bond acceptors (Lipinski definition) is 5. The van der Waals surface area contributed by atoms with Crippen LogP contribution in [0, 0.1) is 0 Å². The molecule has 0 aliphatic carbocycles. The maximum atomic E-state index is 11.8. The Morgan fingerprint density at radius 3 is 1.75 bits per heavy atom. The first-order chi connectivity index (χ1) is 12.4. The van der Waals surface area contributed by atoms with E-state index < -0.39 is 23.9 Å². The third kappa shape index (κ3) is 6.67. The number of carbonyl (C=O) groups excluding carboxylic acids is 1. The molecule has 0 radical (unpaired) electrons. The van der Waals surface area contributed by atoms with E-state index in [9.17, 15) is 20.1 Å². The highest BCUT2D eigenvalue weighted by Crippen LogP contribution is 2.41. The lowest BCUT2D eigenvalue weighted by Crippen LogP contribution is -2.39. The summed E-state index contributed by atoms with van der Waals surface area (Å²) in [5.74, 6) is 0.206. The normalized spacial score (nSPS) is 15.1. The van der Waals surface area contributed by atoms with E-state index in [1.165, 1.54) is 0 Å². The number of amides is 1. The fraction of sp³-hybridized carbons (Fsp3) is 0.682. The molecule has 0 spiro atoms. The molecule has 2 unspecified atom stereocenters. The number of aliphatic hydroxyl groups is 2. The maximum Gasteiger partial charge on any atom is 0.407 e. The summed E-state index contributed by atoms with van der Waals surface area (Å²) >= 11 is 0. The predicted octanol–water partition coefficient (Wildman–Crippen LogP) is 3.91. The average Bonchev–Trinajstić information content (AvgIpc) is 2.48. The number of benzene rings is 1. The Balaban J connectivity index is 3.13. The minimum absolute atomic E-state index is 0.160.